The quantitative estimate of drug-likeness (QED) is 0.520. The van der Waals surface area contributed by atoms with Gasteiger partial charge in [-0.05, 0) is 53.2 Å². The molecule has 0 aliphatic heterocycles. The minimum atomic E-state index is -0.587. The van der Waals surface area contributed by atoms with Crippen LogP contribution < -0.4 is 11.1 Å². The third-order valence-corrected chi connectivity index (χ3v) is 3.35. The maximum absolute atomic E-state index is 11.5. The number of nitrogens with zero attached hydrogens (tertiary/aromatic N) is 1. The van der Waals surface area contributed by atoms with Gasteiger partial charge in [-0.2, -0.15) is 0 Å². The van der Waals surface area contributed by atoms with Crippen LogP contribution in [0.25, 0.3) is 0 Å². The van der Waals surface area contributed by atoms with Crippen LogP contribution in [-0.4, -0.2) is 56.2 Å². The van der Waals surface area contributed by atoms with Crippen LogP contribution in [0.2, 0.25) is 0 Å². The summed E-state index contributed by atoms with van der Waals surface area (Å²) >= 11 is 0. The van der Waals surface area contributed by atoms with Gasteiger partial charge in [-0.1, -0.05) is 6.92 Å². The van der Waals surface area contributed by atoms with E-state index in [1.807, 2.05) is 13.8 Å². The smallest absolute Gasteiger partial charge is 0.237 e. The molecular formula is C14H31N3O2. The number of nitrogens with one attached hydrogen (secondary N) is 1. The predicted molar refractivity (Wildman–Crippen MR) is 79.1 cm³/mol. The van der Waals surface area contributed by atoms with E-state index in [2.05, 4.69) is 24.2 Å². The number of rotatable bonds is 12. The van der Waals surface area contributed by atoms with E-state index >= 15 is 0 Å². The van der Waals surface area contributed by atoms with Crippen LogP contribution in [0.4, 0.5) is 0 Å². The van der Waals surface area contributed by atoms with Gasteiger partial charge >= 0.3 is 0 Å². The van der Waals surface area contributed by atoms with E-state index in [1.54, 1.807) is 0 Å². The van der Waals surface area contributed by atoms with Crippen molar-refractivity contribution in [3.8, 4) is 0 Å². The summed E-state index contributed by atoms with van der Waals surface area (Å²) in [6, 6.07) is 0. The van der Waals surface area contributed by atoms with Crippen LogP contribution in [0, 0.1) is 0 Å². The second-order valence-electron chi connectivity index (χ2n) is 5.23. The number of hydrogen-bond acceptors (Lipinski definition) is 4. The van der Waals surface area contributed by atoms with Gasteiger partial charge in [0.15, 0.2) is 0 Å². The van der Waals surface area contributed by atoms with E-state index in [1.165, 1.54) is 0 Å². The Balaban J connectivity index is 3.95. The Morgan fingerprint density at radius 2 is 2.05 bits per heavy atom. The Labute approximate surface area is 117 Å². The van der Waals surface area contributed by atoms with Gasteiger partial charge in [0.25, 0.3) is 0 Å². The summed E-state index contributed by atoms with van der Waals surface area (Å²) in [5.41, 5.74) is 4.91. The maximum atomic E-state index is 11.5. The molecule has 3 N–H and O–H groups in total. The number of likely N-dealkylation sites (N-methyl/N-ethyl adjacent to an activating group) is 1. The molecule has 0 heterocycles. The topological polar surface area (TPSA) is 67.6 Å². The minimum Gasteiger partial charge on any atom is -0.380 e. The number of amides is 1. The highest BCUT2D eigenvalue weighted by Crippen LogP contribution is 2.12. The maximum Gasteiger partial charge on any atom is 0.237 e. The number of ether oxygens (including phenoxy) is 1. The lowest BCUT2D eigenvalue weighted by molar-refractivity contribution is -0.124. The molecule has 114 valence electrons. The van der Waals surface area contributed by atoms with Gasteiger partial charge < -0.3 is 20.7 Å². The van der Waals surface area contributed by atoms with E-state index in [0.29, 0.717) is 0 Å². The summed E-state index contributed by atoms with van der Waals surface area (Å²) in [5, 5.41) is 3.25. The van der Waals surface area contributed by atoms with E-state index in [4.69, 9.17) is 10.5 Å². The molecule has 0 fully saturated rings. The molecule has 0 spiro atoms. The van der Waals surface area contributed by atoms with Gasteiger partial charge in [-0.3, -0.25) is 4.79 Å². The molecule has 0 aromatic heterocycles. The summed E-state index contributed by atoms with van der Waals surface area (Å²) in [7, 11) is 2.07. The van der Waals surface area contributed by atoms with Crippen molar-refractivity contribution in [2.24, 2.45) is 5.73 Å². The minimum absolute atomic E-state index is 0.266. The molecule has 0 saturated heterocycles. The summed E-state index contributed by atoms with van der Waals surface area (Å²) in [6.45, 7) is 10.2. The highest BCUT2D eigenvalue weighted by molar-refractivity contribution is 5.84. The largest absolute Gasteiger partial charge is 0.380 e. The summed E-state index contributed by atoms with van der Waals surface area (Å²) in [5.74, 6) is -0.266. The van der Waals surface area contributed by atoms with Crippen LogP contribution in [0.5, 0.6) is 0 Å². The Kier molecular flexibility index (Phi) is 9.83. The highest BCUT2D eigenvalue weighted by atomic mass is 16.5. The Hall–Kier alpha value is -0.650. The Bertz CT molecular complexity index is 249. The number of hydrogen-bond donors (Lipinski definition) is 2. The number of carbonyl (C=O) groups excluding carboxylic acids is 1. The van der Waals surface area contributed by atoms with Crippen LogP contribution in [0.15, 0.2) is 0 Å². The molecule has 0 radical (unpaired) electrons. The molecule has 5 nitrogen and oxygen atoms in total. The monoisotopic (exact) mass is 273 g/mol. The SMILES string of the molecule is CCCNC(C)(CCCN(C)CCOCC)C(N)=O. The molecule has 0 aliphatic carbocycles. The fourth-order valence-corrected chi connectivity index (χ4v) is 1.88. The molecule has 19 heavy (non-hydrogen) atoms. The lowest BCUT2D eigenvalue weighted by Crippen LogP contribution is -2.53. The first kappa shape index (κ1) is 18.4. The average Bonchev–Trinajstić information content (AvgIpc) is 2.36. The lowest BCUT2D eigenvalue weighted by atomic mass is 9.94. The normalized spacial score (nSPS) is 14.6. The van der Waals surface area contributed by atoms with Gasteiger partial charge in [0.05, 0.1) is 12.1 Å². The lowest BCUT2D eigenvalue weighted by Gasteiger charge is -2.28. The first-order valence-corrected chi connectivity index (χ1v) is 7.27. The summed E-state index contributed by atoms with van der Waals surface area (Å²) < 4.78 is 5.31. The Morgan fingerprint density at radius 1 is 1.37 bits per heavy atom. The Morgan fingerprint density at radius 3 is 2.58 bits per heavy atom. The molecule has 5 heteroatoms. The van der Waals surface area contributed by atoms with Gasteiger partial charge in [0, 0.05) is 13.2 Å². The van der Waals surface area contributed by atoms with Crippen LogP contribution in [0.3, 0.4) is 0 Å². The van der Waals surface area contributed by atoms with Gasteiger partial charge in [0.1, 0.15) is 0 Å². The molecule has 1 unspecified atom stereocenters. The molecule has 0 saturated carbocycles. The van der Waals surface area contributed by atoms with Crippen molar-refractivity contribution in [3.63, 3.8) is 0 Å². The van der Waals surface area contributed by atoms with E-state index < -0.39 is 5.54 Å². The number of carbonyl (C=O) groups is 1. The van der Waals surface area contributed by atoms with Gasteiger partial charge in [-0.25, -0.2) is 0 Å². The molecule has 0 aliphatic rings. The summed E-state index contributed by atoms with van der Waals surface area (Å²) in [6.07, 6.45) is 2.71. The van der Waals surface area contributed by atoms with Gasteiger partial charge in [0.2, 0.25) is 5.91 Å². The zero-order valence-corrected chi connectivity index (χ0v) is 13.0. The van der Waals surface area contributed by atoms with Crippen molar-refractivity contribution in [2.45, 2.75) is 45.6 Å². The van der Waals surface area contributed by atoms with E-state index in [0.717, 1.165) is 52.1 Å². The molecular weight excluding hydrogens is 242 g/mol. The zero-order valence-electron chi connectivity index (χ0n) is 13.0. The predicted octanol–water partition coefficient (Wildman–Crippen LogP) is 0.979. The highest BCUT2D eigenvalue weighted by Gasteiger charge is 2.29. The van der Waals surface area contributed by atoms with Crippen LogP contribution in [-0.2, 0) is 9.53 Å². The molecule has 1 atom stereocenters. The second kappa shape index (κ2) is 10.2. The third kappa shape index (κ3) is 8.18. The first-order chi connectivity index (χ1) is 8.96. The van der Waals surface area contributed by atoms with Crippen molar-refractivity contribution in [1.29, 1.82) is 0 Å². The number of primary amides is 1. The van der Waals surface area contributed by atoms with Crippen molar-refractivity contribution in [3.05, 3.63) is 0 Å². The van der Waals surface area contributed by atoms with E-state index in [9.17, 15) is 4.79 Å². The molecule has 0 rings (SSSR count). The van der Waals surface area contributed by atoms with Gasteiger partial charge in [-0.15, -0.1) is 0 Å². The van der Waals surface area contributed by atoms with Crippen molar-refractivity contribution in [2.75, 3.05) is 39.9 Å². The number of nitrogens with two attached hydrogens (primary N) is 1. The summed E-state index contributed by atoms with van der Waals surface area (Å²) in [4.78, 5) is 13.8. The second-order valence-corrected chi connectivity index (χ2v) is 5.23. The van der Waals surface area contributed by atoms with Crippen molar-refractivity contribution >= 4 is 5.91 Å². The third-order valence-electron chi connectivity index (χ3n) is 3.35. The molecule has 1 amide bonds. The first-order valence-electron chi connectivity index (χ1n) is 7.27. The average molecular weight is 273 g/mol. The standard InChI is InChI=1S/C14H31N3O2/c1-5-9-16-14(3,13(15)18)8-7-10-17(4)11-12-19-6-2/h16H,5-12H2,1-4H3,(H2,15,18). The molecule has 0 bridgehead atoms. The van der Waals surface area contributed by atoms with E-state index in [-0.39, 0.29) is 5.91 Å². The zero-order chi connectivity index (χ0) is 14.7. The fraction of sp³-hybridized carbons (Fsp3) is 0.929. The van der Waals surface area contributed by atoms with Crippen molar-refractivity contribution in [1.82, 2.24) is 10.2 Å². The van der Waals surface area contributed by atoms with Crippen LogP contribution >= 0.6 is 0 Å². The van der Waals surface area contributed by atoms with Crippen LogP contribution in [0.1, 0.15) is 40.0 Å². The van der Waals surface area contributed by atoms with Crippen molar-refractivity contribution < 1.29 is 9.53 Å². The fourth-order valence-electron chi connectivity index (χ4n) is 1.88. The molecule has 0 aromatic carbocycles. The molecule has 0 aromatic rings.